The van der Waals surface area contributed by atoms with E-state index in [1.807, 2.05) is 72.8 Å². The van der Waals surface area contributed by atoms with Gasteiger partial charge in [0.2, 0.25) is 10.0 Å². The van der Waals surface area contributed by atoms with Crippen molar-refractivity contribution in [2.24, 2.45) is 7.05 Å². The maximum Gasteiger partial charge on any atom is 0.282 e. The largest absolute Gasteiger partial charge is 0.497 e. The van der Waals surface area contributed by atoms with Crippen LogP contribution in [0, 0.1) is 0 Å². The van der Waals surface area contributed by atoms with E-state index >= 15 is 0 Å². The van der Waals surface area contributed by atoms with Crippen LogP contribution in [0.1, 0.15) is 24.0 Å². The van der Waals surface area contributed by atoms with Crippen LogP contribution in [0.4, 0.5) is 34.6 Å². The first-order valence-corrected chi connectivity index (χ1v) is 24.7. The molecule has 8 rings (SSSR count). The summed E-state index contributed by atoms with van der Waals surface area (Å²) in [4.78, 5) is 22.3. The third-order valence-electron chi connectivity index (χ3n) is 10.2. The van der Waals surface area contributed by atoms with E-state index in [0.717, 1.165) is 22.6 Å². The predicted molar refractivity (Wildman–Crippen MR) is 255 cm³/mol. The van der Waals surface area contributed by atoms with Gasteiger partial charge in [-0.25, -0.2) is 33.3 Å². The minimum atomic E-state index is -3.98. The van der Waals surface area contributed by atoms with Gasteiger partial charge >= 0.3 is 0 Å². The zero-order valence-corrected chi connectivity index (χ0v) is 38.6. The number of aromatic nitrogens is 6. The Hall–Kier alpha value is -6.26. The molecule has 18 nitrogen and oxygen atoms in total. The lowest BCUT2D eigenvalue weighted by molar-refractivity contribution is 0.202. The molecule has 21 heteroatoms. The van der Waals surface area contributed by atoms with Crippen molar-refractivity contribution in [3.63, 3.8) is 0 Å². The molecular weight excluding hydrogens is 893 g/mol. The standard InChI is InChI=1S/C22H24N6O4S.C22H26N4O4S2/c1-28-13-20(23-14-28)33(29,30)27-22-21(24-17-6-4-5-7-18(17)25-22)26-19-12-16(32-3)9-8-15(19)10-11-31-2;1-30-16-9-8-15(5-4-11-27)20(13-16)25-21-22(24-19-7-3-2-6-18(19)23-21)26-32(28,29)17-10-12-31-14-17/h4-9,12-14H,10-11H2,1-3H3,(H,24,26)(H,25,27);2-3,6-9,13,17,27H,4-5,10-12,14H2,1H3,(H,23,25)(H,24,26). The normalized spacial score (nSPS) is 13.8. The minimum Gasteiger partial charge on any atom is -0.497 e. The summed E-state index contributed by atoms with van der Waals surface area (Å²) in [5.74, 6) is 3.48. The van der Waals surface area contributed by atoms with Crippen LogP contribution < -0.4 is 29.6 Å². The van der Waals surface area contributed by atoms with Gasteiger partial charge in [0, 0.05) is 56.2 Å². The summed E-state index contributed by atoms with van der Waals surface area (Å²) >= 11 is 1.64. The van der Waals surface area contributed by atoms with E-state index in [0.29, 0.717) is 83.1 Å². The number of benzene rings is 4. The van der Waals surface area contributed by atoms with Crippen LogP contribution >= 0.6 is 11.8 Å². The van der Waals surface area contributed by atoms with E-state index in [1.54, 1.807) is 56.8 Å². The molecule has 0 spiro atoms. The number of fused-ring (bicyclic) bond motifs is 2. The van der Waals surface area contributed by atoms with Gasteiger partial charge in [-0.05, 0) is 79.0 Å². The molecule has 0 amide bonds. The van der Waals surface area contributed by atoms with E-state index in [-0.39, 0.29) is 29.1 Å². The molecule has 0 aliphatic carbocycles. The number of aliphatic hydroxyl groups is 1. The quantitative estimate of drug-likeness (QED) is 0.0605. The molecule has 0 radical (unpaired) electrons. The number of nitrogens with one attached hydrogen (secondary N) is 4. The summed E-state index contributed by atoms with van der Waals surface area (Å²) < 4.78 is 74.6. The van der Waals surface area contributed by atoms with Gasteiger partial charge in [-0.3, -0.25) is 9.44 Å². The fraction of sp³-hybridized carbons (Fsp3) is 0.295. The number of sulfonamides is 2. The maximum absolute atomic E-state index is 13.0. The van der Waals surface area contributed by atoms with E-state index in [4.69, 9.17) is 14.2 Å². The second-order valence-electron chi connectivity index (χ2n) is 14.8. The van der Waals surface area contributed by atoms with Crippen LogP contribution in [-0.4, -0.2) is 103 Å². The maximum atomic E-state index is 13.0. The van der Waals surface area contributed by atoms with Crippen LogP contribution in [0.5, 0.6) is 11.5 Å². The third kappa shape index (κ3) is 11.7. The van der Waals surface area contributed by atoms with Crippen molar-refractivity contribution in [3.05, 3.63) is 109 Å². The average molecular weight is 943 g/mol. The number of hydrogen-bond donors (Lipinski definition) is 5. The van der Waals surface area contributed by atoms with Crippen LogP contribution in [0.3, 0.4) is 0 Å². The van der Waals surface area contributed by atoms with Gasteiger partial charge in [-0.15, -0.1) is 0 Å². The molecule has 1 aliphatic rings. The van der Waals surface area contributed by atoms with E-state index in [9.17, 15) is 21.9 Å². The number of thioether (sulfide) groups is 1. The number of para-hydroxylation sites is 4. The first kappa shape index (κ1) is 46.7. The molecule has 0 saturated carbocycles. The van der Waals surface area contributed by atoms with Crippen molar-refractivity contribution >= 4 is 88.5 Å². The van der Waals surface area contributed by atoms with Gasteiger partial charge in [-0.2, -0.15) is 20.2 Å². The Kier molecular flexibility index (Phi) is 15.2. The summed E-state index contributed by atoms with van der Waals surface area (Å²) in [7, 11) is -1.09. The first-order chi connectivity index (χ1) is 31.4. The fourth-order valence-electron chi connectivity index (χ4n) is 6.77. The molecule has 1 atom stereocenters. The Morgan fingerprint density at radius 1 is 0.723 bits per heavy atom. The van der Waals surface area contributed by atoms with Crippen LogP contribution in [0.2, 0.25) is 0 Å². The van der Waals surface area contributed by atoms with Gasteiger partial charge in [0.05, 0.1) is 54.5 Å². The molecule has 65 heavy (non-hydrogen) atoms. The predicted octanol–water partition coefficient (Wildman–Crippen LogP) is 6.66. The number of aliphatic hydroxyl groups excluding tert-OH is 1. The first-order valence-electron chi connectivity index (χ1n) is 20.5. The van der Waals surface area contributed by atoms with Crippen molar-refractivity contribution in [1.82, 2.24) is 29.5 Å². The van der Waals surface area contributed by atoms with Crippen molar-refractivity contribution < 1.29 is 36.2 Å². The Morgan fingerprint density at radius 3 is 1.71 bits per heavy atom. The van der Waals surface area contributed by atoms with Crippen molar-refractivity contribution in [2.75, 3.05) is 66.1 Å². The second-order valence-corrected chi connectivity index (χ2v) is 19.5. The SMILES string of the molecule is COCCc1ccc(OC)cc1Nc1nc2ccccc2nc1NS(=O)(=O)c1cn(C)cn1.COc1ccc(CCCO)c(Nc2nc3ccccc3nc2NS(=O)(=O)C2CCSC2)c1. The Bertz CT molecular complexity index is 2990. The topological polar surface area (TPSA) is 234 Å². The smallest absolute Gasteiger partial charge is 0.282 e. The van der Waals surface area contributed by atoms with Crippen molar-refractivity contribution in [3.8, 4) is 11.5 Å². The highest BCUT2D eigenvalue weighted by Gasteiger charge is 2.31. The monoisotopic (exact) mass is 942 g/mol. The summed E-state index contributed by atoms with van der Waals surface area (Å²) in [6.45, 7) is 0.593. The molecule has 0 bridgehead atoms. The lowest BCUT2D eigenvalue weighted by Crippen LogP contribution is -2.28. The van der Waals surface area contributed by atoms with Crippen molar-refractivity contribution in [2.45, 2.75) is 36.0 Å². The van der Waals surface area contributed by atoms with E-state index in [2.05, 4.69) is 45.0 Å². The Balaban J connectivity index is 0.000000194. The van der Waals surface area contributed by atoms with E-state index < -0.39 is 25.3 Å². The van der Waals surface area contributed by atoms with Gasteiger partial charge in [-0.1, -0.05) is 36.4 Å². The minimum absolute atomic E-state index is 0.0554. The molecule has 1 aliphatic heterocycles. The lowest BCUT2D eigenvalue weighted by atomic mass is 10.1. The number of aryl methyl sites for hydroxylation is 2. The molecular formula is C44H50N10O8S3. The zero-order chi connectivity index (χ0) is 46.0. The highest BCUT2D eigenvalue weighted by atomic mass is 32.2. The molecule has 342 valence electrons. The summed E-state index contributed by atoms with van der Waals surface area (Å²) in [5.41, 5.74) is 5.74. The summed E-state index contributed by atoms with van der Waals surface area (Å²) in [5, 5.41) is 15.2. The zero-order valence-electron chi connectivity index (χ0n) is 36.2. The second kappa shape index (κ2) is 21.2. The molecule has 4 aromatic carbocycles. The molecule has 4 heterocycles. The molecule has 1 saturated heterocycles. The van der Waals surface area contributed by atoms with Crippen LogP contribution in [0.25, 0.3) is 22.1 Å². The van der Waals surface area contributed by atoms with Gasteiger partial charge in [0.1, 0.15) is 11.5 Å². The molecule has 1 unspecified atom stereocenters. The average Bonchev–Trinajstić information content (AvgIpc) is 4.03. The number of imidazole rings is 1. The van der Waals surface area contributed by atoms with Crippen molar-refractivity contribution in [1.29, 1.82) is 0 Å². The molecule has 7 aromatic rings. The molecule has 5 N–H and O–H groups in total. The Labute approximate surface area is 381 Å². The molecule has 1 fully saturated rings. The number of hydrogen-bond acceptors (Lipinski definition) is 16. The number of anilines is 6. The number of methoxy groups -OCH3 is 3. The fourth-order valence-corrected chi connectivity index (χ4v) is 11.0. The third-order valence-corrected chi connectivity index (χ3v) is 14.6. The van der Waals surface area contributed by atoms with Gasteiger partial charge in [0.25, 0.3) is 10.0 Å². The summed E-state index contributed by atoms with van der Waals surface area (Å²) in [6.07, 6.45) is 5.32. The Morgan fingerprint density at radius 2 is 1.25 bits per heavy atom. The highest BCUT2D eigenvalue weighted by molar-refractivity contribution is 8.01. The van der Waals surface area contributed by atoms with Gasteiger partial charge < -0.3 is 34.5 Å². The summed E-state index contributed by atoms with van der Waals surface area (Å²) in [6, 6.07) is 25.8. The number of rotatable bonds is 18. The number of ether oxygens (including phenoxy) is 3. The highest BCUT2D eigenvalue weighted by Crippen LogP contribution is 2.34. The van der Waals surface area contributed by atoms with E-state index in [1.165, 1.54) is 12.5 Å². The lowest BCUT2D eigenvalue weighted by Gasteiger charge is -2.18. The van der Waals surface area contributed by atoms with Crippen LogP contribution in [-0.2, 0) is 44.7 Å². The van der Waals surface area contributed by atoms with Crippen LogP contribution in [0.15, 0.2) is 102 Å². The molecule has 3 aromatic heterocycles. The van der Waals surface area contributed by atoms with Gasteiger partial charge in [0.15, 0.2) is 28.3 Å². The number of nitrogens with zero attached hydrogens (tertiary/aromatic N) is 6.